The molecule has 17 heavy (non-hydrogen) atoms. The quantitative estimate of drug-likeness (QED) is 0.445. The lowest BCUT2D eigenvalue weighted by atomic mass is 10.2. The van der Waals surface area contributed by atoms with Crippen LogP contribution < -0.4 is 10.6 Å². The lowest BCUT2D eigenvalue weighted by Crippen LogP contribution is -2.37. The first-order valence-corrected chi connectivity index (χ1v) is 6.19. The van der Waals surface area contributed by atoms with E-state index in [0.29, 0.717) is 0 Å². The number of rotatable bonds is 6. The molecule has 0 radical (unpaired) electrons. The molecule has 1 aromatic rings. The van der Waals surface area contributed by atoms with E-state index in [9.17, 15) is 0 Å². The second-order valence-electron chi connectivity index (χ2n) is 4.01. The van der Waals surface area contributed by atoms with Gasteiger partial charge in [0.1, 0.15) is 0 Å². The number of nitrogens with one attached hydrogen (secondary N) is 2. The average molecular weight is 237 g/mol. The monoisotopic (exact) mass is 237 g/mol. The van der Waals surface area contributed by atoms with Gasteiger partial charge in [0.15, 0.2) is 5.96 Å². The van der Waals surface area contributed by atoms with E-state index in [2.05, 4.69) is 27.6 Å². The van der Waals surface area contributed by atoms with Crippen molar-refractivity contribution in [2.75, 3.05) is 13.6 Å². The molecule has 0 aliphatic heterocycles. The molecule has 0 unspecified atom stereocenters. The number of hydrogen-bond acceptors (Lipinski definition) is 2. The van der Waals surface area contributed by atoms with E-state index in [1.165, 1.54) is 19.3 Å². The van der Waals surface area contributed by atoms with E-state index in [1.54, 1.807) is 13.2 Å². The van der Waals surface area contributed by atoms with Gasteiger partial charge in [-0.1, -0.05) is 19.8 Å². The molecular weight excluding hydrogens is 214 g/mol. The zero-order valence-electron chi connectivity index (χ0n) is 11.0. The van der Waals surface area contributed by atoms with Gasteiger partial charge in [-0.25, -0.2) is 0 Å². The lowest BCUT2D eigenvalue weighted by Gasteiger charge is -2.11. The summed E-state index contributed by atoms with van der Waals surface area (Å²) in [7, 11) is 3.73. The molecular formula is C12H23N5. The van der Waals surface area contributed by atoms with E-state index in [-0.39, 0.29) is 0 Å². The van der Waals surface area contributed by atoms with Crippen LogP contribution in [0.4, 0.5) is 0 Å². The van der Waals surface area contributed by atoms with E-state index in [1.807, 2.05) is 17.8 Å². The third-order valence-corrected chi connectivity index (χ3v) is 2.66. The standard InChI is InChI=1S/C12H23N5/c1-4-5-6-8-14-12(13-2)15-10-11-7-9-16-17(11)3/h7,9H,4-6,8,10H2,1-3H3,(H2,13,14,15). The van der Waals surface area contributed by atoms with Crippen LogP contribution in [0, 0.1) is 0 Å². The van der Waals surface area contributed by atoms with E-state index >= 15 is 0 Å². The average Bonchev–Trinajstić information content (AvgIpc) is 2.74. The zero-order valence-corrected chi connectivity index (χ0v) is 11.0. The van der Waals surface area contributed by atoms with Gasteiger partial charge < -0.3 is 10.6 Å². The Morgan fingerprint density at radius 2 is 2.24 bits per heavy atom. The minimum atomic E-state index is 0.740. The number of unbranched alkanes of at least 4 members (excludes halogenated alkanes) is 2. The number of aryl methyl sites for hydroxylation is 1. The SMILES string of the molecule is CCCCCNC(=NC)NCc1ccnn1C. The summed E-state index contributed by atoms with van der Waals surface area (Å²) in [6.07, 6.45) is 5.48. The Kier molecular flexibility index (Phi) is 6.14. The highest BCUT2D eigenvalue weighted by molar-refractivity contribution is 5.79. The summed E-state index contributed by atoms with van der Waals surface area (Å²) < 4.78 is 1.86. The van der Waals surface area contributed by atoms with E-state index < -0.39 is 0 Å². The molecule has 0 atom stereocenters. The molecule has 1 heterocycles. The van der Waals surface area contributed by atoms with Crippen LogP contribution in [0.15, 0.2) is 17.3 Å². The van der Waals surface area contributed by atoms with Gasteiger partial charge in [0.05, 0.1) is 12.2 Å². The van der Waals surface area contributed by atoms with Crippen molar-refractivity contribution >= 4 is 5.96 Å². The topological polar surface area (TPSA) is 54.2 Å². The van der Waals surface area contributed by atoms with Crippen molar-refractivity contribution < 1.29 is 0 Å². The second-order valence-corrected chi connectivity index (χ2v) is 4.01. The van der Waals surface area contributed by atoms with Crippen molar-refractivity contribution in [3.05, 3.63) is 18.0 Å². The van der Waals surface area contributed by atoms with Gasteiger partial charge in [-0.05, 0) is 12.5 Å². The molecule has 0 aliphatic rings. The van der Waals surface area contributed by atoms with Crippen molar-refractivity contribution in [3.8, 4) is 0 Å². The fourth-order valence-electron chi connectivity index (χ4n) is 1.55. The van der Waals surface area contributed by atoms with Crippen molar-refractivity contribution in [2.45, 2.75) is 32.7 Å². The molecule has 0 saturated heterocycles. The summed E-state index contributed by atoms with van der Waals surface area (Å²) in [5.74, 6) is 0.849. The minimum Gasteiger partial charge on any atom is -0.356 e. The molecule has 0 spiro atoms. The van der Waals surface area contributed by atoms with Crippen LogP contribution in [-0.2, 0) is 13.6 Å². The molecule has 0 fully saturated rings. The minimum absolute atomic E-state index is 0.740. The van der Waals surface area contributed by atoms with Crippen molar-refractivity contribution in [3.63, 3.8) is 0 Å². The number of guanidine groups is 1. The highest BCUT2D eigenvalue weighted by Gasteiger charge is 2.00. The van der Waals surface area contributed by atoms with Crippen molar-refractivity contribution in [2.24, 2.45) is 12.0 Å². The van der Waals surface area contributed by atoms with Crippen LogP contribution in [0.25, 0.3) is 0 Å². The predicted molar refractivity (Wildman–Crippen MR) is 70.9 cm³/mol. The van der Waals surface area contributed by atoms with Crippen LogP contribution >= 0.6 is 0 Å². The summed E-state index contributed by atoms with van der Waals surface area (Å²) >= 11 is 0. The van der Waals surface area contributed by atoms with Gasteiger partial charge in [-0.2, -0.15) is 5.10 Å². The summed E-state index contributed by atoms with van der Waals surface area (Å²) in [6, 6.07) is 2.00. The van der Waals surface area contributed by atoms with Gasteiger partial charge in [0.25, 0.3) is 0 Å². The molecule has 5 heteroatoms. The molecule has 0 bridgehead atoms. The highest BCUT2D eigenvalue weighted by atomic mass is 15.3. The maximum Gasteiger partial charge on any atom is 0.191 e. The first-order valence-electron chi connectivity index (χ1n) is 6.19. The van der Waals surface area contributed by atoms with Crippen LogP contribution in [-0.4, -0.2) is 29.3 Å². The summed E-state index contributed by atoms with van der Waals surface area (Å²) in [5, 5.41) is 10.7. The van der Waals surface area contributed by atoms with Gasteiger partial charge >= 0.3 is 0 Å². The van der Waals surface area contributed by atoms with Crippen molar-refractivity contribution in [1.29, 1.82) is 0 Å². The van der Waals surface area contributed by atoms with E-state index in [0.717, 1.165) is 24.7 Å². The number of hydrogen-bond donors (Lipinski definition) is 2. The maximum atomic E-state index is 4.18. The Labute approximate surface area is 103 Å². The number of aromatic nitrogens is 2. The first-order chi connectivity index (χ1) is 8.27. The zero-order chi connectivity index (χ0) is 12.5. The van der Waals surface area contributed by atoms with Crippen LogP contribution in [0.3, 0.4) is 0 Å². The van der Waals surface area contributed by atoms with Crippen LogP contribution in [0.5, 0.6) is 0 Å². The Bertz CT molecular complexity index is 342. The third kappa shape index (κ3) is 4.89. The largest absolute Gasteiger partial charge is 0.356 e. The fourth-order valence-corrected chi connectivity index (χ4v) is 1.55. The molecule has 5 nitrogen and oxygen atoms in total. The molecule has 0 saturated carbocycles. The maximum absolute atomic E-state index is 4.18. The van der Waals surface area contributed by atoms with Gasteiger partial charge in [0, 0.05) is 26.8 Å². The second kappa shape index (κ2) is 7.70. The Morgan fingerprint density at radius 3 is 2.82 bits per heavy atom. The summed E-state index contributed by atoms with van der Waals surface area (Å²) in [5.41, 5.74) is 1.14. The van der Waals surface area contributed by atoms with Crippen LogP contribution in [0.1, 0.15) is 31.9 Å². The molecule has 0 amide bonds. The number of nitrogens with zero attached hydrogens (tertiary/aromatic N) is 3. The van der Waals surface area contributed by atoms with Gasteiger partial charge in [-0.3, -0.25) is 9.67 Å². The lowest BCUT2D eigenvalue weighted by molar-refractivity contribution is 0.665. The van der Waals surface area contributed by atoms with Crippen LogP contribution in [0.2, 0.25) is 0 Å². The van der Waals surface area contributed by atoms with Gasteiger partial charge in [0.2, 0.25) is 0 Å². The first kappa shape index (κ1) is 13.5. The van der Waals surface area contributed by atoms with E-state index in [4.69, 9.17) is 0 Å². The summed E-state index contributed by atoms with van der Waals surface area (Å²) in [6.45, 7) is 3.92. The van der Waals surface area contributed by atoms with Crippen molar-refractivity contribution in [1.82, 2.24) is 20.4 Å². The normalized spacial score (nSPS) is 11.6. The predicted octanol–water partition coefficient (Wildman–Crippen LogP) is 1.28. The Balaban J connectivity index is 2.26. The highest BCUT2D eigenvalue weighted by Crippen LogP contribution is 1.95. The molecule has 0 aliphatic carbocycles. The molecule has 0 aromatic carbocycles. The molecule has 1 rings (SSSR count). The Hall–Kier alpha value is -1.52. The Morgan fingerprint density at radius 1 is 1.41 bits per heavy atom. The van der Waals surface area contributed by atoms with Gasteiger partial charge in [-0.15, -0.1) is 0 Å². The third-order valence-electron chi connectivity index (χ3n) is 2.66. The molecule has 96 valence electrons. The smallest absolute Gasteiger partial charge is 0.191 e. The molecule has 1 aromatic heterocycles. The number of aliphatic imine (C=N–C) groups is 1. The summed E-state index contributed by atoms with van der Waals surface area (Å²) in [4.78, 5) is 4.18. The molecule has 2 N–H and O–H groups in total. The fraction of sp³-hybridized carbons (Fsp3) is 0.667.